The Labute approximate surface area is 135 Å². The zero-order valence-corrected chi connectivity index (χ0v) is 13.8. The molecule has 2 aliphatic heterocycles. The van der Waals surface area contributed by atoms with E-state index in [1.165, 1.54) is 11.8 Å². The number of thioether (sulfide) groups is 1. The summed E-state index contributed by atoms with van der Waals surface area (Å²) < 4.78 is -1.08. The molecule has 118 valence electrons. The van der Waals surface area contributed by atoms with Crippen LogP contribution in [0.15, 0.2) is 29.2 Å². The summed E-state index contributed by atoms with van der Waals surface area (Å²) in [4.78, 5) is 30.5. The zero-order chi connectivity index (χ0) is 15.7. The number of piperazine rings is 1. The topological polar surface area (TPSA) is 52.6 Å². The van der Waals surface area contributed by atoms with Crippen molar-refractivity contribution in [1.82, 2.24) is 9.80 Å². The van der Waals surface area contributed by atoms with Gasteiger partial charge in [0.1, 0.15) is 0 Å². The zero-order valence-electron chi connectivity index (χ0n) is 13.0. The van der Waals surface area contributed by atoms with E-state index in [1.54, 1.807) is 6.92 Å². The molecule has 1 aromatic carbocycles. The molecule has 3 rings (SSSR count). The molecule has 0 radical (unpaired) electrons. The molecule has 1 saturated heterocycles. The molecule has 2 aliphatic rings. The summed E-state index contributed by atoms with van der Waals surface area (Å²) >= 11 is 1.36. The maximum absolute atomic E-state index is 12.9. The van der Waals surface area contributed by atoms with Gasteiger partial charge in [-0.1, -0.05) is 30.8 Å². The van der Waals surface area contributed by atoms with Gasteiger partial charge in [-0.15, -0.1) is 0 Å². The van der Waals surface area contributed by atoms with Crippen LogP contribution in [0.2, 0.25) is 0 Å². The Morgan fingerprint density at radius 2 is 1.95 bits per heavy atom. The Morgan fingerprint density at radius 3 is 2.64 bits per heavy atom. The van der Waals surface area contributed by atoms with Gasteiger partial charge in [0.25, 0.3) is 0 Å². The van der Waals surface area contributed by atoms with E-state index in [0.717, 1.165) is 30.2 Å². The summed E-state index contributed by atoms with van der Waals surface area (Å²) in [6, 6.07) is 7.62. The molecular weight excluding hydrogens is 298 g/mol. The summed E-state index contributed by atoms with van der Waals surface area (Å²) in [5.74, 6) is -0.306. The number of benzene rings is 1. The minimum absolute atomic E-state index is 0.0831. The summed E-state index contributed by atoms with van der Waals surface area (Å²) in [7, 11) is 0. The van der Waals surface area contributed by atoms with E-state index in [4.69, 9.17) is 0 Å². The fourth-order valence-electron chi connectivity index (χ4n) is 2.88. The van der Waals surface area contributed by atoms with Crippen molar-refractivity contribution >= 4 is 29.3 Å². The number of rotatable bonds is 2. The van der Waals surface area contributed by atoms with Crippen molar-refractivity contribution in [1.29, 1.82) is 0 Å². The second-order valence-electron chi connectivity index (χ2n) is 5.81. The second-order valence-corrected chi connectivity index (χ2v) is 7.27. The summed E-state index contributed by atoms with van der Waals surface area (Å²) in [5.41, 5.74) is 0.790. The first kappa shape index (κ1) is 15.4. The quantitative estimate of drug-likeness (QED) is 0.842. The Kier molecular flexibility index (Phi) is 4.14. The number of nitrogens with one attached hydrogen (secondary N) is 1. The average Bonchev–Trinajstić information content (AvgIpc) is 2.55. The first-order valence-electron chi connectivity index (χ1n) is 7.66. The van der Waals surface area contributed by atoms with Crippen molar-refractivity contribution in [3.05, 3.63) is 24.3 Å². The highest BCUT2D eigenvalue weighted by Crippen LogP contribution is 2.43. The summed E-state index contributed by atoms with van der Waals surface area (Å²) in [6.07, 6.45) is 0. The van der Waals surface area contributed by atoms with Crippen LogP contribution in [0.5, 0.6) is 0 Å². The molecule has 0 aliphatic carbocycles. The predicted molar refractivity (Wildman–Crippen MR) is 88.0 cm³/mol. The Bertz CT molecular complexity index is 599. The smallest absolute Gasteiger partial charge is 0.250 e. The summed E-state index contributed by atoms with van der Waals surface area (Å²) in [6.45, 7) is 8.00. The van der Waals surface area contributed by atoms with Crippen LogP contribution in [0, 0.1) is 0 Å². The minimum Gasteiger partial charge on any atom is -0.338 e. The van der Waals surface area contributed by atoms with Crippen molar-refractivity contribution in [3.63, 3.8) is 0 Å². The third-order valence-corrected chi connectivity index (χ3v) is 5.74. The lowest BCUT2D eigenvalue weighted by Crippen LogP contribution is -2.58. The number of likely N-dealkylation sites (N-methyl/N-ethyl adjacent to an activating group) is 1. The largest absolute Gasteiger partial charge is 0.338 e. The van der Waals surface area contributed by atoms with Crippen LogP contribution in [-0.2, 0) is 9.59 Å². The number of nitrogens with zero attached hydrogens (tertiary/aromatic N) is 2. The molecule has 0 aromatic heterocycles. The van der Waals surface area contributed by atoms with E-state index in [0.29, 0.717) is 13.1 Å². The molecule has 1 fully saturated rings. The van der Waals surface area contributed by atoms with Gasteiger partial charge in [0, 0.05) is 31.1 Å². The molecule has 1 N–H and O–H groups in total. The second kappa shape index (κ2) is 5.93. The molecule has 0 spiro atoms. The normalized spacial score (nSPS) is 25.5. The van der Waals surface area contributed by atoms with Gasteiger partial charge in [-0.05, 0) is 25.6 Å². The highest BCUT2D eigenvalue weighted by Gasteiger charge is 2.48. The molecule has 0 unspecified atom stereocenters. The number of para-hydroxylation sites is 1. The van der Waals surface area contributed by atoms with Gasteiger partial charge in [0.05, 0.1) is 5.69 Å². The molecule has 22 heavy (non-hydrogen) atoms. The molecule has 1 atom stereocenters. The van der Waals surface area contributed by atoms with Crippen molar-refractivity contribution < 1.29 is 9.59 Å². The molecule has 2 heterocycles. The lowest BCUT2D eigenvalue weighted by molar-refractivity contribution is -0.139. The Hall–Kier alpha value is -1.53. The van der Waals surface area contributed by atoms with Gasteiger partial charge in [-0.3, -0.25) is 9.59 Å². The molecule has 0 bridgehead atoms. The number of carbonyl (C=O) groups is 2. The van der Waals surface area contributed by atoms with E-state index in [9.17, 15) is 9.59 Å². The van der Waals surface area contributed by atoms with E-state index < -0.39 is 4.75 Å². The van der Waals surface area contributed by atoms with Crippen LogP contribution in [-0.4, -0.2) is 59.1 Å². The van der Waals surface area contributed by atoms with Crippen LogP contribution in [0.1, 0.15) is 13.8 Å². The van der Waals surface area contributed by atoms with Crippen molar-refractivity contribution in [2.75, 3.05) is 38.0 Å². The first-order chi connectivity index (χ1) is 10.5. The monoisotopic (exact) mass is 319 g/mol. The molecule has 2 amide bonds. The van der Waals surface area contributed by atoms with E-state index in [-0.39, 0.29) is 11.8 Å². The van der Waals surface area contributed by atoms with Crippen molar-refractivity contribution in [2.24, 2.45) is 0 Å². The van der Waals surface area contributed by atoms with Gasteiger partial charge in [-0.25, -0.2) is 0 Å². The Morgan fingerprint density at radius 1 is 1.27 bits per heavy atom. The fraction of sp³-hybridized carbons (Fsp3) is 0.500. The third-order valence-electron chi connectivity index (χ3n) is 4.40. The SMILES string of the molecule is CCN1CCN(C(=O)[C@]2(C)Sc3ccccc3NC2=O)CC1. The maximum Gasteiger partial charge on any atom is 0.250 e. The maximum atomic E-state index is 12.9. The fourth-order valence-corrected chi connectivity index (χ4v) is 4.05. The highest BCUT2D eigenvalue weighted by atomic mass is 32.2. The average molecular weight is 319 g/mol. The van der Waals surface area contributed by atoms with Crippen LogP contribution < -0.4 is 5.32 Å². The standard InChI is InChI=1S/C16H21N3O2S/c1-3-18-8-10-19(11-9-18)15(21)16(2)14(20)17-12-6-4-5-7-13(12)22-16/h4-7H,3,8-11H2,1-2H3,(H,17,20)/t16-/m1/s1. The van der Waals surface area contributed by atoms with Gasteiger partial charge in [0.2, 0.25) is 11.8 Å². The van der Waals surface area contributed by atoms with Crippen LogP contribution in [0.4, 0.5) is 5.69 Å². The van der Waals surface area contributed by atoms with Gasteiger partial charge in [-0.2, -0.15) is 0 Å². The Balaban J connectivity index is 1.78. The van der Waals surface area contributed by atoms with E-state index in [1.807, 2.05) is 29.2 Å². The lowest BCUT2D eigenvalue weighted by atomic mass is 10.1. The number of hydrogen-bond donors (Lipinski definition) is 1. The van der Waals surface area contributed by atoms with E-state index in [2.05, 4.69) is 17.1 Å². The van der Waals surface area contributed by atoms with Gasteiger partial charge in [0.15, 0.2) is 4.75 Å². The first-order valence-corrected chi connectivity index (χ1v) is 8.47. The van der Waals surface area contributed by atoms with Gasteiger partial charge >= 0.3 is 0 Å². The molecule has 5 nitrogen and oxygen atoms in total. The number of hydrogen-bond acceptors (Lipinski definition) is 4. The lowest BCUT2D eigenvalue weighted by Gasteiger charge is -2.40. The molecule has 1 aromatic rings. The van der Waals surface area contributed by atoms with E-state index >= 15 is 0 Å². The number of amides is 2. The number of carbonyl (C=O) groups excluding carboxylic acids is 2. The van der Waals surface area contributed by atoms with Crippen molar-refractivity contribution in [2.45, 2.75) is 23.5 Å². The number of fused-ring (bicyclic) bond motifs is 1. The number of anilines is 1. The van der Waals surface area contributed by atoms with Crippen LogP contribution in [0.25, 0.3) is 0 Å². The van der Waals surface area contributed by atoms with Crippen molar-refractivity contribution in [3.8, 4) is 0 Å². The predicted octanol–water partition coefficient (Wildman–Crippen LogP) is 1.65. The third kappa shape index (κ3) is 2.61. The van der Waals surface area contributed by atoms with Crippen LogP contribution >= 0.6 is 11.8 Å². The molecule has 0 saturated carbocycles. The molecular formula is C16H21N3O2S. The minimum atomic E-state index is -1.08. The molecule has 6 heteroatoms. The van der Waals surface area contributed by atoms with Crippen LogP contribution in [0.3, 0.4) is 0 Å². The van der Waals surface area contributed by atoms with Gasteiger partial charge < -0.3 is 15.1 Å². The highest BCUT2D eigenvalue weighted by molar-refractivity contribution is 8.02. The summed E-state index contributed by atoms with van der Waals surface area (Å²) in [5, 5.41) is 2.87.